The van der Waals surface area contributed by atoms with Crippen molar-refractivity contribution in [3.05, 3.63) is 52.8 Å². The van der Waals surface area contributed by atoms with Gasteiger partial charge in [-0.15, -0.1) is 0 Å². The highest BCUT2D eigenvalue weighted by Gasteiger charge is 1.99. The van der Waals surface area contributed by atoms with Gasteiger partial charge in [-0.05, 0) is 30.7 Å². The van der Waals surface area contributed by atoms with Crippen molar-refractivity contribution in [2.45, 2.75) is 6.92 Å². The van der Waals surface area contributed by atoms with Gasteiger partial charge in [0, 0.05) is 12.6 Å². The molecule has 0 saturated heterocycles. The summed E-state index contributed by atoms with van der Waals surface area (Å²) in [7, 11) is 0. The van der Waals surface area contributed by atoms with Crippen LogP contribution in [0.1, 0.15) is 12.5 Å². The molecule has 0 heterocycles. The van der Waals surface area contributed by atoms with Gasteiger partial charge in [0.15, 0.2) is 0 Å². The minimum Gasteiger partial charge on any atom is -0.349 e. The summed E-state index contributed by atoms with van der Waals surface area (Å²) in [5.74, 6) is -0.705. The molecule has 4 heteroatoms. The maximum atomic E-state index is 12.9. The fourth-order valence-electron chi connectivity index (χ4n) is 1.08. The molecule has 0 aliphatic carbocycles. The molecule has 0 bridgehead atoms. The van der Waals surface area contributed by atoms with Crippen LogP contribution in [-0.2, 0) is 4.79 Å². The number of halogens is 2. The van der Waals surface area contributed by atoms with Crippen molar-refractivity contribution in [2.75, 3.05) is 6.54 Å². The Morgan fingerprint density at radius 1 is 1.59 bits per heavy atom. The Kier molecular flexibility index (Phi) is 4.91. The van der Waals surface area contributed by atoms with Crippen LogP contribution in [0.25, 0.3) is 6.08 Å². The lowest BCUT2D eigenvalue weighted by Gasteiger charge is -2.00. The Hall–Kier alpha value is -1.61. The zero-order chi connectivity index (χ0) is 12.8. The van der Waals surface area contributed by atoms with E-state index in [0.717, 1.165) is 5.57 Å². The predicted molar refractivity (Wildman–Crippen MR) is 68.3 cm³/mol. The molecule has 0 atom stereocenters. The maximum absolute atomic E-state index is 12.9. The van der Waals surface area contributed by atoms with Crippen LogP contribution in [0.2, 0.25) is 5.02 Å². The Balaban J connectivity index is 2.61. The molecule has 0 aliphatic heterocycles. The molecule has 1 amide bonds. The summed E-state index contributed by atoms with van der Waals surface area (Å²) in [4.78, 5) is 11.3. The third-order valence-electron chi connectivity index (χ3n) is 1.94. The van der Waals surface area contributed by atoms with E-state index < -0.39 is 5.82 Å². The second kappa shape index (κ2) is 6.21. The summed E-state index contributed by atoms with van der Waals surface area (Å²) in [5.41, 5.74) is 1.54. The van der Waals surface area contributed by atoms with Gasteiger partial charge in [-0.1, -0.05) is 29.8 Å². The molecule has 0 radical (unpaired) electrons. The van der Waals surface area contributed by atoms with Crippen LogP contribution in [0.5, 0.6) is 0 Å². The van der Waals surface area contributed by atoms with Gasteiger partial charge in [-0.25, -0.2) is 4.39 Å². The predicted octanol–water partition coefficient (Wildman–Crippen LogP) is 3.18. The van der Waals surface area contributed by atoms with E-state index in [9.17, 15) is 9.18 Å². The number of carbonyl (C=O) groups is 1. The van der Waals surface area contributed by atoms with Crippen LogP contribution >= 0.6 is 11.6 Å². The second-order valence-electron chi connectivity index (χ2n) is 3.68. The summed E-state index contributed by atoms with van der Waals surface area (Å²) in [5, 5.41) is 2.68. The third kappa shape index (κ3) is 4.83. The monoisotopic (exact) mass is 253 g/mol. The van der Waals surface area contributed by atoms with Gasteiger partial charge in [0.05, 0.1) is 5.02 Å². The standard InChI is InChI=1S/C13H13ClFNO/c1-9(2)8-16-13(17)6-4-10-3-5-12(15)11(14)7-10/h3-7H,1,8H2,2H3,(H,16,17)/b6-4+. The second-order valence-corrected chi connectivity index (χ2v) is 4.09. The van der Waals surface area contributed by atoms with Crippen LogP contribution in [0.4, 0.5) is 4.39 Å². The van der Waals surface area contributed by atoms with Gasteiger partial charge in [-0.2, -0.15) is 0 Å². The topological polar surface area (TPSA) is 29.1 Å². The molecule has 0 aliphatic rings. The lowest BCUT2D eigenvalue weighted by atomic mass is 10.2. The first kappa shape index (κ1) is 13.5. The molecule has 90 valence electrons. The summed E-state index contributed by atoms with van der Waals surface area (Å²) in [6, 6.07) is 4.26. The number of benzene rings is 1. The lowest BCUT2D eigenvalue weighted by molar-refractivity contribution is -0.116. The first-order valence-electron chi connectivity index (χ1n) is 5.04. The van der Waals surface area contributed by atoms with E-state index in [0.29, 0.717) is 12.1 Å². The quantitative estimate of drug-likeness (QED) is 0.648. The fraction of sp³-hybridized carbons (Fsp3) is 0.154. The van der Waals surface area contributed by atoms with Gasteiger partial charge >= 0.3 is 0 Å². The van der Waals surface area contributed by atoms with E-state index in [-0.39, 0.29) is 10.9 Å². The van der Waals surface area contributed by atoms with Crippen LogP contribution in [0, 0.1) is 5.82 Å². The van der Waals surface area contributed by atoms with Crippen molar-refractivity contribution in [2.24, 2.45) is 0 Å². The lowest BCUT2D eigenvalue weighted by Crippen LogP contribution is -2.22. The summed E-state index contributed by atoms with van der Waals surface area (Å²) in [6.07, 6.45) is 2.94. The van der Waals surface area contributed by atoms with Gasteiger partial charge in [0.25, 0.3) is 0 Å². The zero-order valence-electron chi connectivity index (χ0n) is 9.47. The molecule has 1 rings (SSSR count). The van der Waals surface area contributed by atoms with Crippen LogP contribution in [-0.4, -0.2) is 12.5 Å². The van der Waals surface area contributed by atoms with Crippen molar-refractivity contribution in [1.29, 1.82) is 0 Å². The van der Waals surface area contributed by atoms with E-state index in [1.165, 1.54) is 18.2 Å². The summed E-state index contributed by atoms with van der Waals surface area (Å²) < 4.78 is 12.9. The molecule has 17 heavy (non-hydrogen) atoms. The van der Waals surface area contributed by atoms with Crippen molar-refractivity contribution in [1.82, 2.24) is 5.32 Å². The minimum absolute atomic E-state index is 0.0366. The Morgan fingerprint density at radius 3 is 2.88 bits per heavy atom. The molecular formula is C13H13ClFNO. The largest absolute Gasteiger partial charge is 0.349 e. The minimum atomic E-state index is -0.476. The number of amides is 1. The number of nitrogens with one attached hydrogen (secondary N) is 1. The van der Waals surface area contributed by atoms with E-state index in [1.54, 1.807) is 12.1 Å². The smallest absolute Gasteiger partial charge is 0.244 e. The molecule has 2 nitrogen and oxygen atoms in total. The highest BCUT2D eigenvalue weighted by Crippen LogP contribution is 2.16. The molecule has 0 saturated carbocycles. The molecule has 0 unspecified atom stereocenters. The number of carbonyl (C=O) groups excluding carboxylic acids is 1. The van der Waals surface area contributed by atoms with Crippen LogP contribution < -0.4 is 5.32 Å². The number of hydrogen-bond donors (Lipinski definition) is 1. The third-order valence-corrected chi connectivity index (χ3v) is 2.22. The molecule has 1 N–H and O–H groups in total. The van der Waals surface area contributed by atoms with Crippen molar-refractivity contribution >= 4 is 23.6 Å². The van der Waals surface area contributed by atoms with Crippen molar-refractivity contribution in [3.63, 3.8) is 0 Å². The summed E-state index contributed by atoms with van der Waals surface area (Å²) >= 11 is 5.61. The van der Waals surface area contributed by atoms with Crippen LogP contribution in [0.3, 0.4) is 0 Å². The first-order chi connectivity index (χ1) is 7.99. The molecule has 0 spiro atoms. The van der Waals surface area contributed by atoms with Gasteiger partial charge in [0.2, 0.25) is 5.91 Å². The van der Waals surface area contributed by atoms with Gasteiger partial charge in [0.1, 0.15) is 5.82 Å². The molecule has 1 aromatic rings. The molecule has 0 fully saturated rings. The van der Waals surface area contributed by atoms with Gasteiger partial charge < -0.3 is 5.32 Å². The average Bonchev–Trinajstić information content (AvgIpc) is 2.28. The SMILES string of the molecule is C=C(C)CNC(=O)/C=C/c1ccc(F)c(Cl)c1. The molecule has 0 aromatic heterocycles. The summed E-state index contributed by atoms with van der Waals surface area (Å²) in [6.45, 7) is 5.93. The van der Waals surface area contributed by atoms with Crippen LogP contribution in [0.15, 0.2) is 36.4 Å². The van der Waals surface area contributed by atoms with E-state index in [2.05, 4.69) is 11.9 Å². The van der Waals surface area contributed by atoms with E-state index in [4.69, 9.17) is 11.6 Å². The molecular weight excluding hydrogens is 241 g/mol. The molecule has 1 aromatic carbocycles. The normalized spacial score (nSPS) is 10.5. The van der Waals surface area contributed by atoms with E-state index in [1.807, 2.05) is 6.92 Å². The fourth-order valence-corrected chi connectivity index (χ4v) is 1.27. The zero-order valence-corrected chi connectivity index (χ0v) is 10.2. The van der Waals surface area contributed by atoms with Gasteiger partial charge in [-0.3, -0.25) is 4.79 Å². The van der Waals surface area contributed by atoms with Crippen molar-refractivity contribution in [3.8, 4) is 0 Å². The Morgan fingerprint density at radius 2 is 2.29 bits per heavy atom. The number of rotatable bonds is 4. The Bertz CT molecular complexity index is 468. The first-order valence-corrected chi connectivity index (χ1v) is 5.42. The van der Waals surface area contributed by atoms with E-state index >= 15 is 0 Å². The highest BCUT2D eigenvalue weighted by molar-refractivity contribution is 6.30. The average molecular weight is 254 g/mol. The number of hydrogen-bond acceptors (Lipinski definition) is 1. The van der Waals surface area contributed by atoms with Crippen molar-refractivity contribution < 1.29 is 9.18 Å². The maximum Gasteiger partial charge on any atom is 0.244 e. The highest BCUT2D eigenvalue weighted by atomic mass is 35.5. The Labute approximate surface area is 105 Å².